The predicted molar refractivity (Wildman–Crippen MR) is 78.3 cm³/mol. The molecule has 0 spiro atoms. The van der Waals surface area contributed by atoms with E-state index in [0.29, 0.717) is 6.54 Å². The van der Waals surface area contributed by atoms with Gasteiger partial charge in [-0.25, -0.2) is 4.98 Å². The van der Waals surface area contributed by atoms with Crippen molar-refractivity contribution in [3.8, 4) is 0 Å². The van der Waals surface area contributed by atoms with Gasteiger partial charge in [-0.15, -0.1) is 0 Å². The summed E-state index contributed by atoms with van der Waals surface area (Å²) in [6, 6.07) is 6.52. The molecule has 3 nitrogen and oxygen atoms in total. The van der Waals surface area contributed by atoms with Gasteiger partial charge < -0.3 is 10.6 Å². The number of pyridine rings is 1. The van der Waals surface area contributed by atoms with Crippen LogP contribution in [0.15, 0.2) is 18.2 Å². The van der Waals surface area contributed by atoms with E-state index in [1.165, 1.54) is 22.1 Å². The molecular formula is C15H21N3. The van der Waals surface area contributed by atoms with Gasteiger partial charge in [0.15, 0.2) is 0 Å². The van der Waals surface area contributed by atoms with Gasteiger partial charge in [-0.2, -0.15) is 0 Å². The molecule has 0 saturated heterocycles. The Labute approximate surface area is 109 Å². The number of rotatable bonds is 3. The van der Waals surface area contributed by atoms with Gasteiger partial charge in [0, 0.05) is 19.5 Å². The minimum absolute atomic E-state index is 0.652. The molecule has 0 unspecified atom stereocenters. The van der Waals surface area contributed by atoms with E-state index in [0.717, 1.165) is 17.8 Å². The van der Waals surface area contributed by atoms with Crippen molar-refractivity contribution < 1.29 is 0 Å². The van der Waals surface area contributed by atoms with E-state index in [1.807, 2.05) is 14.1 Å². The second kappa shape index (κ2) is 4.94. The third-order valence-corrected chi connectivity index (χ3v) is 3.40. The van der Waals surface area contributed by atoms with Gasteiger partial charge in [0.25, 0.3) is 0 Å². The summed E-state index contributed by atoms with van der Waals surface area (Å²) in [5.74, 6) is 1.03. The summed E-state index contributed by atoms with van der Waals surface area (Å²) in [5.41, 5.74) is 10.5. The van der Waals surface area contributed by atoms with Gasteiger partial charge in [-0.3, -0.25) is 0 Å². The molecule has 0 aliphatic heterocycles. The highest BCUT2D eigenvalue weighted by Gasteiger charge is 2.10. The number of aromatic nitrogens is 1. The highest BCUT2D eigenvalue weighted by atomic mass is 15.1. The molecule has 0 fully saturated rings. The second-order valence-corrected chi connectivity index (χ2v) is 4.98. The molecule has 1 heterocycles. The Kier molecular flexibility index (Phi) is 3.53. The minimum atomic E-state index is 0.652. The fraction of sp³-hybridized carbons (Fsp3) is 0.400. The van der Waals surface area contributed by atoms with Crippen molar-refractivity contribution in [2.75, 3.05) is 25.5 Å². The standard InChI is InChI=1S/C15H21N3/c1-10-5-6-12-9-13(7-8-16)15(18(3)4)17-14(12)11(10)2/h5-6,9H,7-8,16H2,1-4H3. The lowest BCUT2D eigenvalue weighted by Gasteiger charge is -2.18. The van der Waals surface area contributed by atoms with Crippen molar-refractivity contribution in [1.29, 1.82) is 0 Å². The zero-order valence-corrected chi connectivity index (χ0v) is 11.6. The molecule has 0 aliphatic rings. The molecule has 2 rings (SSSR count). The van der Waals surface area contributed by atoms with Crippen LogP contribution in [-0.2, 0) is 6.42 Å². The number of aryl methyl sites for hydroxylation is 2. The van der Waals surface area contributed by atoms with Crippen molar-refractivity contribution in [2.45, 2.75) is 20.3 Å². The fourth-order valence-corrected chi connectivity index (χ4v) is 2.24. The van der Waals surface area contributed by atoms with Crippen LogP contribution in [0.1, 0.15) is 16.7 Å². The summed E-state index contributed by atoms with van der Waals surface area (Å²) < 4.78 is 0. The monoisotopic (exact) mass is 243 g/mol. The summed E-state index contributed by atoms with van der Waals surface area (Å²) in [6.07, 6.45) is 0.864. The fourth-order valence-electron chi connectivity index (χ4n) is 2.24. The smallest absolute Gasteiger partial charge is 0.132 e. The summed E-state index contributed by atoms with van der Waals surface area (Å²) in [4.78, 5) is 6.89. The van der Waals surface area contributed by atoms with Gasteiger partial charge in [0.05, 0.1) is 5.52 Å². The first-order valence-corrected chi connectivity index (χ1v) is 6.32. The Bertz CT molecular complexity index is 573. The average molecular weight is 243 g/mol. The van der Waals surface area contributed by atoms with Crippen molar-refractivity contribution >= 4 is 16.7 Å². The summed E-state index contributed by atoms with van der Waals surface area (Å²) >= 11 is 0. The minimum Gasteiger partial charge on any atom is -0.362 e. The van der Waals surface area contributed by atoms with E-state index in [1.54, 1.807) is 0 Å². The molecule has 0 aliphatic carbocycles. The SMILES string of the molecule is Cc1ccc2cc(CCN)c(N(C)C)nc2c1C. The molecule has 18 heavy (non-hydrogen) atoms. The molecule has 2 N–H and O–H groups in total. The van der Waals surface area contributed by atoms with E-state index < -0.39 is 0 Å². The zero-order valence-electron chi connectivity index (χ0n) is 11.6. The first-order valence-electron chi connectivity index (χ1n) is 6.32. The van der Waals surface area contributed by atoms with Gasteiger partial charge in [-0.1, -0.05) is 12.1 Å². The molecule has 0 radical (unpaired) electrons. The maximum atomic E-state index is 5.68. The number of fused-ring (bicyclic) bond motifs is 1. The quantitative estimate of drug-likeness (QED) is 0.900. The van der Waals surface area contributed by atoms with Crippen LogP contribution in [0.4, 0.5) is 5.82 Å². The topological polar surface area (TPSA) is 42.1 Å². The van der Waals surface area contributed by atoms with Crippen LogP contribution in [0, 0.1) is 13.8 Å². The van der Waals surface area contributed by atoms with Crippen LogP contribution in [0.3, 0.4) is 0 Å². The van der Waals surface area contributed by atoms with Gasteiger partial charge in [-0.05, 0) is 49.6 Å². The highest BCUT2D eigenvalue weighted by molar-refractivity contribution is 5.85. The first kappa shape index (κ1) is 12.8. The Morgan fingerprint density at radius 1 is 1.22 bits per heavy atom. The maximum absolute atomic E-state index is 5.68. The van der Waals surface area contributed by atoms with Crippen LogP contribution >= 0.6 is 0 Å². The van der Waals surface area contributed by atoms with Gasteiger partial charge >= 0.3 is 0 Å². The van der Waals surface area contributed by atoms with E-state index in [2.05, 4.69) is 36.9 Å². The molecule has 3 heteroatoms. The normalized spacial score (nSPS) is 10.9. The lowest BCUT2D eigenvalue weighted by Crippen LogP contribution is -2.15. The molecular weight excluding hydrogens is 222 g/mol. The van der Waals surface area contributed by atoms with Crippen LogP contribution in [0.5, 0.6) is 0 Å². The van der Waals surface area contributed by atoms with E-state index in [4.69, 9.17) is 10.7 Å². The molecule has 0 atom stereocenters. The number of hydrogen-bond donors (Lipinski definition) is 1. The van der Waals surface area contributed by atoms with E-state index in [9.17, 15) is 0 Å². The lowest BCUT2D eigenvalue weighted by atomic mass is 10.0. The number of benzene rings is 1. The Morgan fingerprint density at radius 2 is 1.94 bits per heavy atom. The van der Waals surface area contributed by atoms with Crippen molar-refractivity contribution in [3.63, 3.8) is 0 Å². The Morgan fingerprint density at radius 3 is 2.56 bits per heavy atom. The van der Waals surface area contributed by atoms with Gasteiger partial charge in [0.2, 0.25) is 0 Å². The van der Waals surface area contributed by atoms with E-state index in [-0.39, 0.29) is 0 Å². The number of anilines is 1. The summed E-state index contributed by atoms with van der Waals surface area (Å²) in [5, 5.41) is 1.20. The molecule has 1 aromatic heterocycles. The molecule has 0 amide bonds. The van der Waals surface area contributed by atoms with Crippen molar-refractivity contribution in [2.24, 2.45) is 5.73 Å². The van der Waals surface area contributed by atoms with Crippen molar-refractivity contribution in [3.05, 3.63) is 34.9 Å². The van der Waals surface area contributed by atoms with Crippen LogP contribution < -0.4 is 10.6 Å². The lowest BCUT2D eigenvalue weighted by molar-refractivity contribution is 0.942. The first-order chi connectivity index (χ1) is 8.54. The predicted octanol–water partition coefficient (Wildman–Crippen LogP) is 2.42. The third-order valence-electron chi connectivity index (χ3n) is 3.40. The maximum Gasteiger partial charge on any atom is 0.132 e. The van der Waals surface area contributed by atoms with Gasteiger partial charge in [0.1, 0.15) is 5.82 Å². The molecule has 96 valence electrons. The largest absolute Gasteiger partial charge is 0.362 e. The highest BCUT2D eigenvalue weighted by Crippen LogP contribution is 2.26. The number of hydrogen-bond acceptors (Lipinski definition) is 3. The Balaban J connectivity index is 2.72. The van der Waals surface area contributed by atoms with E-state index >= 15 is 0 Å². The molecule has 1 aromatic carbocycles. The number of nitrogens with zero attached hydrogens (tertiary/aromatic N) is 2. The summed E-state index contributed by atoms with van der Waals surface area (Å²) in [7, 11) is 4.05. The summed E-state index contributed by atoms with van der Waals surface area (Å²) in [6.45, 7) is 4.91. The average Bonchev–Trinajstić information content (AvgIpc) is 2.34. The zero-order chi connectivity index (χ0) is 13.3. The third kappa shape index (κ3) is 2.18. The second-order valence-electron chi connectivity index (χ2n) is 4.98. The van der Waals surface area contributed by atoms with Crippen LogP contribution in [-0.4, -0.2) is 25.6 Å². The van der Waals surface area contributed by atoms with Crippen LogP contribution in [0.25, 0.3) is 10.9 Å². The molecule has 0 saturated carbocycles. The number of nitrogens with two attached hydrogens (primary N) is 1. The van der Waals surface area contributed by atoms with Crippen LogP contribution in [0.2, 0.25) is 0 Å². The molecule has 2 aromatic rings. The van der Waals surface area contributed by atoms with Crippen molar-refractivity contribution in [1.82, 2.24) is 4.98 Å². The molecule has 0 bridgehead atoms. The Hall–Kier alpha value is -1.61.